The second-order valence-corrected chi connectivity index (χ2v) is 11.0. The van der Waals surface area contributed by atoms with E-state index in [-0.39, 0.29) is 11.7 Å². The van der Waals surface area contributed by atoms with Crippen LogP contribution in [-0.2, 0) is 21.6 Å². The van der Waals surface area contributed by atoms with Crippen molar-refractivity contribution >= 4 is 43.9 Å². The highest BCUT2D eigenvalue weighted by molar-refractivity contribution is 7.92. The zero-order valence-corrected chi connectivity index (χ0v) is 20.6. The number of halogens is 1. The summed E-state index contributed by atoms with van der Waals surface area (Å²) in [6, 6.07) is 11.6. The lowest BCUT2D eigenvalue weighted by atomic mass is 9.98. The van der Waals surface area contributed by atoms with Crippen molar-refractivity contribution in [2.75, 3.05) is 23.6 Å². The highest BCUT2D eigenvalue weighted by Gasteiger charge is 2.24. The molecule has 180 valence electrons. The monoisotopic (exact) mass is 492 g/mol. The predicted octanol–water partition coefficient (Wildman–Crippen LogP) is 4.90. The van der Waals surface area contributed by atoms with Crippen LogP contribution in [0.5, 0.6) is 0 Å². The van der Waals surface area contributed by atoms with Gasteiger partial charge in [0.15, 0.2) is 0 Å². The van der Waals surface area contributed by atoms with Gasteiger partial charge in [-0.05, 0) is 42.8 Å². The quantitative estimate of drug-likeness (QED) is 0.385. The van der Waals surface area contributed by atoms with E-state index in [2.05, 4.69) is 26.2 Å². The number of nitrogens with two attached hydrogens (primary N) is 1. The number of rotatable bonds is 5. The van der Waals surface area contributed by atoms with Gasteiger partial charge >= 0.3 is 0 Å². The number of nitrogens with zero attached hydrogens (tertiary/aromatic N) is 4. The number of benzene rings is 2. The van der Waals surface area contributed by atoms with Crippen LogP contribution in [0.1, 0.15) is 6.92 Å². The normalized spacial score (nSPS) is 11.5. The molecule has 8 nitrogen and oxygen atoms in total. The molecule has 0 aliphatic carbocycles. The fourth-order valence-electron chi connectivity index (χ4n) is 3.84. The molecule has 0 unspecified atom stereocenters. The van der Waals surface area contributed by atoms with E-state index < -0.39 is 15.5 Å². The number of aromatic nitrogens is 3. The van der Waals surface area contributed by atoms with Gasteiger partial charge in [-0.15, -0.1) is 0 Å². The molecule has 10 heteroatoms. The van der Waals surface area contributed by atoms with E-state index in [9.17, 15) is 9.00 Å². The Morgan fingerprint density at radius 2 is 1.86 bits per heavy atom. The molecule has 4 aromatic rings. The number of aryl methyl sites for hydroxylation is 1. The molecule has 0 saturated heterocycles. The van der Waals surface area contributed by atoms with Gasteiger partial charge in [0.1, 0.15) is 23.6 Å². The van der Waals surface area contributed by atoms with Crippen molar-refractivity contribution in [3.05, 3.63) is 66.8 Å². The molecule has 1 amide bonds. The number of amides is 1. The van der Waals surface area contributed by atoms with Crippen molar-refractivity contribution in [2.45, 2.75) is 6.92 Å². The van der Waals surface area contributed by atoms with Crippen molar-refractivity contribution < 1.29 is 13.4 Å². The summed E-state index contributed by atoms with van der Waals surface area (Å²) in [5.74, 6) is -0.665. The van der Waals surface area contributed by atoms with Crippen molar-refractivity contribution in [3.8, 4) is 22.4 Å². The van der Waals surface area contributed by atoms with E-state index >= 15 is 4.39 Å². The molecule has 4 rings (SSSR count). The van der Waals surface area contributed by atoms with Crippen LogP contribution >= 0.6 is 0 Å². The van der Waals surface area contributed by atoms with Crippen LogP contribution in [-0.4, -0.2) is 37.2 Å². The SMILES string of the molecule is C=C(C)C(=O)Nc1ccc(-c2c(-c3ccc(N=S(C)(C)=O)cc3)c3c(N)ncnc3n2C)c(F)c1. The summed E-state index contributed by atoms with van der Waals surface area (Å²) in [4.78, 5) is 20.5. The van der Waals surface area contributed by atoms with Crippen LogP contribution in [0, 0.1) is 5.82 Å². The van der Waals surface area contributed by atoms with Crippen LogP contribution in [0.2, 0.25) is 0 Å². The van der Waals surface area contributed by atoms with Gasteiger partial charge in [0.2, 0.25) is 0 Å². The van der Waals surface area contributed by atoms with Gasteiger partial charge in [-0.1, -0.05) is 18.7 Å². The molecule has 0 aliphatic rings. The van der Waals surface area contributed by atoms with E-state index in [1.165, 1.54) is 12.4 Å². The second kappa shape index (κ2) is 8.95. The number of hydrogen-bond acceptors (Lipinski definition) is 6. The molecule has 0 spiro atoms. The molecule has 0 radical (unpaired) electrons. The largest absolute Gasteiger partial charge is 0.383 e. The summed E-state index contributed by atoms with van der Waals surface area (Å²) in [6.45, 7) is 5.17. The van der Waals surface area contributed by atoms with Gasteiger partial charge in [0.05, 0.1) is 16.8 Å². The molecular formula is C25H25FN6O2S. The Morgan fingerprint density at radius 1 is 1.17 bits per heavy atom. The molecule has 0 bridgehead atoms. The Labute approximate surface area is 202 Å². The minimum Gasteiger partial charge on any atom is -0.383 e. The smallest absolute Gasteiger partial charge is 0.250 e. The van der Waals surface area contributed by atoms with Crippen LogP contribution < -0.4 is 11.1 Å². The van der Waals surface area contributed by atoms with Crippen LogP contribution in [0.4, 0.5) is 21.6 Å². The third-order valence-electron chi connectivity index (χ3n) is 5.35. The predicted molar refractivity (Wildman–Crippen MR) is 139 cm³/mol. The van der Waals surface area contributed by atoms with Gasteiger partial charge in [-0.2, -0.15) is 4.36 Å². The summed E-state index contributed by atoms with van der Waals surface area (Å²) < 4.78 is 33.5. The van der Waals surface area contributed by atoms with Gasteiger partial charge in [-0.25, -0.2) is 18.6 Å². The second-order valence-electron chi connectivity index (χ2n) is 8.49. The first kappa shape index (κ1) is 24.1. The van der Waals surface area contributed by atoms with E-state index in [0.717, 1.165) is 5.56 Å². The fourth-order valence-corrected chi connectivity index (χ4v) is 4.47. The first-order valence-corrected chi connectivity index (χ1v) is 12.9. The zero-order valence-electron chi connectivity index (χ0n) is 19.8. The average Bonchev–Trinajstić information content (AvgIpc) is 3.07. The standard InChI is InChI=1S/C25H25FN6O2S/c1-14(2)25(33)30-17-10-11-18(19(26)12-17)22-20(21-23(27)28-13-29-24(21)32(22)3)15-6-8-16(9-7-15)31-35(4,5)34/h6-13H,1H2,2-5H3,(H,30,33)(H2,27,28,29). The lowest BCUT2D eigenvalue weighted by molar-refractivity contribution is -0.112. The van der Waals surface area contributed by atoms with Gasteiger partial charge < -0.3 is 15.6 Å². The number of hydrogen-bond donors (Lipinski definition) is 2. The van der Waals surface area contributed by atoms with Gasteiger partial charge in [0, 0.05) is 51.7 Å². The molecule has 0 aliphatic heterocycles. The third kappa shape index (κ3) is 4.78. The first-order valence-electron chi connectivity index (χ1n) is 10.6. The first-order chi connectivity index (χ1) is 16.5. The van der Waals surface area contributed by atoms with Crippen LogP contribution in [0.25, 0.3) is 33.4 Å². The minimum absolute atomic E-state index is 0.261. The number of carbonyl (C=O) groups is 1. The zero-order chi connectivity index (χ0) is 25.5. The number of nitrogens with one attached hydrogen (secondary N) is 1. The molecule has 0 saturated carbocycles. The summed E-state index contributed by atoms with van der Waals surface area (Å²) in [6.07, 6.45) is 4.49. The maximum absolute atomic E-state index is 15.4. The Balaban J connectivity index is 1.93. The lowest BCUT2D eigenvalue weighted by Gasteiger charge is -2.12. The maximum atomic E-state index is 15.4. The van der Waals surface area contributed by atoms with Crippen LogP contribution in [0.15, 0.2) is 65.3 Å². The van der Waals surface area contributed by atoms with E-state index in [0.29, 0.717) is 44.8 Å². The van der Waals surface area contributed by atoms with Crippen LogP contribution in [0.3, 0.4) is 0 Å². The van der Waals surface area contributed by atoms with Crippen molar-refractivity contribution in [1.82, 2.24) is 14.5 Å². The number of anilines is 2. The summed E-state index contributed by atoms with van der Waals surface area (Å²) in [5.41, 5.74) is 10.2. The Hall–Kier alpha value is -4.05. The molecule has 35 heavy (non-hydrogen) atoms. The third-order valence-corrected chi connectivity index (χ3v) is 6.00. The molecule has 0 fully saturated rings. The molecule has 2 heterocycles. The highest BCUT2D eigenvalue weighted by Crippen LogP contribution is 2.43. The Morgan fingerprint density at radius 3 is 2.46 bits per heavy atom. The van der Waals surface area contributed by atoms with Gasteiger partial charge in [-0.3, -0.25) is 4.79 Å². The number of carbonyl (C=O) groups excluding carboxylic acids is 1. The van der Waals surface area contributed by atoms with Crippen molar-refractivity contribution in [1.29, 1.82) is 0 Å². The maximum Gasteiger partial charge on any atom is 0.250 e. The number of nitrogen functional groups attached to an aromatic ring is 1. The average molecular weight is 493 g/mol. The fraction of sp³-hybridized carbons (Fsp3) is 0.160. The summed E-state index contributed by atoms with van der Waals surface area (Å²) >= 11 is 0. The lowest BCUT2D eigenvalue weighted by Crippen LogP contribution is -2.12. The molecule has 0 atom stereocenters. The molecular weight excluding hydrogens is 467 g/mol. The Bertz CT molecular complexity index is 1610. The highest BCUT2D eigenvalue weighted by atomic mass is 32.2. The number of fused-ring (bicyclic) bond motifs is 1. The summed E-state index contributed by atoms with van der Waals surface area (Å²) in [5, 5.41) is 3.21. The Kier molecular flexibility index (Phi) is 6.16. The van der Waals surface area contributed by atoms with Crippen molar-refractivity contribution in [3.63, 3.8) is 0 Å². The molecule has 3 N–H and O–H groups in total. The van der Waals surface area contributed by atoms with Gasteiger partial charge in [0.25, 0.3) is 5.91 Å². The minimum atomic E-state index is -2.32. The van der Waals surface area contributed by atoms with Crippen molar-refractivity contribution in [2.24, 2.45) is 11.4 Å². The molecule has 2 aromatic carbocycles. The van der Waals surface area contributed by atoms with E-state index in [1.54, 1.807) is 55.3 Å². The van der Waals surface area contributed by atoms with E-state index in [1.807, 2.05) is 12.1 Å². The topological polar surface area (TPSA) is 115 Å². The van der Waals surface area contributed by atoms with E-state index in [4.69, 9.17) is 5.73 Å². The summed E-state index contributed by atoms with van der Waals surface area (Å²) in [7, 11) is -0.546. The molecule has 2 aromatic heterocycles.